The van der Waals surface area contributed by atoms with Crippen molar-refractivity contribution in [3.63, 3.8) is 0 Å². The summed E-state index contributed by atoms with van der Waals surface area (Å²) >= 11 is 2.81. The Kier molecular flexibility index (Phi) is 3.74. The van der Waals surface area contributed by atoms with E-state index in [2.05, 4.69) is 31.0 Å². The Morgan fingerprint density at radius 3 is 2.75 bits per heavy atom. The summed E-state index contributed by atoms with van der Waals surface area (Å²) in [7, 11) is -3.86. The highest BCUT2D eigenvalue weighted by Crippen LogP contribution is 2.25. The Bertz CT molecular complexity index is 553. The molecule has 0 saturated heterocycles. The molecule has 1 rings (SSSR count). The zero-order valence-corrected chi connectivity index (χ0v) is 10.1. The molecule has 0 aliphatic heterocycles. The van der Waals surface area contributed by atoms with Gasteiger partial charge in [0.15, 0.2) is 4.67 Å². The van der Waals surface area contributed by atoms with Crippen LogP contribution < -0.4 is 4.72 Å². The molecule has 86 valence electrons. The number of nitrogens with one attached hydrogen (secondary N) is 1. The van der Waals surface area contributed by atoms with Gasteiger partial charge in [0.05, 0.1) is 6.54 Å². The molecule has 0 fully saturated rings. The zero-order valence-electron chi connectivity index (χ0n) is 7.73. The van der Waals surface area contributed by atoms with Crippen molar-refractivity contribution in [2.45, 2.75) is 4.90 Å². The minimum Gasteiger partial charge on any atom is -0.475 e. The molecule has 6 nitrogen and oxygen atoms in total. The van der Waals surface area contributed by atoms with Crippen LogP contribution in [0.5, 0.6) is 0 Å². The number of hydrogen-bond acceptors (Lipinski definition) is 4. The van der Waals surface area contributed by atoms with Crippen molar-refractivity contribution < 1.29 is 22.7 Å². The van der Waals surface area contributed by atoms with E-state index in [-0.39, 0.29) is 16.1 Å². The molecule has 0 unspecified atom stereocenters. The molecule has 0 aliphatic carbocycles. The Morgan fingerprint density at radius 2 is 2.31 bits per heavy atom. The molecule has 16 heavy (non-hydrogen) atoms. The SMILES string of the molecule is C#CCNS(=O)(=O)c1cc(C(=O)O)oc1Br. The normalized spacial score (nSPS) is 11.0. The molecule has 0 atom stereocenters. The van der Waals surface area contributed by atoms with Gasteiger partial charge in [0.2, 0.25) is 15.8 Å². The van der Waals surface area contributed by atoms with E-state index in [1.54, 1.807) is 0 Å². The van der Waals surface area contributed by atoms with Gasteiger partial charge in [-0.3, -0.25) is 0 Å². The van der Waals surface area contributed by atoms with Crippen molar-refractivity contribution in [3.05, 3.63) is 16.5 Å². The van der Waals surface area contributed by atoms with Crippen molar-refractivity contribution in [2.24, 2.45) is 0 Å². The minimum atomic E-state index is -3.86. The highest BCUT2D eigenvalue weighted by atomic mass is 79.9. The van der Waals surface area contributed by atoms with Crippen LogP contribution in [0.3, 0.4) is 0 Å². The summed E-state index contributed by atoms with van der Waals surface area (Å²) in [5.74, 6) is 0.249. The molecule has 0 radical (unpaired) electrons. The minimum absolute atomic E-state index is 0.186. The van der Waals surface area contributed by atoms with Gasteiger partial charge in [-0.05, 0) is 15.9 Å². The highest BCUT2D eigenvalue weighted by molar-refractivity contribution is 9.10. The number of furan rings is 1. The second-order valence-corrected chi connectivity index (χ2v) is 5.04. The van der Waals surface area contributed by atoms with Crippen LogP contribution in [0, 0.1) is 12.3 Å². The monoisotopic (exact) mass is 307 g/mol. The molecule has 1 aromatic heterocycles. The number of terminal acetylenes is 1. The van der Waals surface area contributed by atoms with Crippen LogP contribution in [0.4, 0.5) is 0 Å². The van der Waals surface area contributed by atoms with Crippen molar-refractivity contribution in [1.82, 2.24) is 4.72 Å². The summed E-state index contributed by atoms with van der Waals surface area (Å²) in [6, 6.07) is 0.894. The van der Waals surface area contributed by atoms with Gasteiger partial charge in [-0.15, -0.1) is 6.42 Å². The van der Waals surface area contributed by atoms with Gasteiger partial charge >= 0.3 is 5.97 Å². The lowest BCUT2D eigenvalue weighted by Crippen LogP contribution is -2.23. The Labute approximate surface area is 99.8 Å². The first-order valence-electron chi connectivity index (χ1n) is 3.84. The summed E-state index contributed by atoms with van der Waals surface area (Å²) in [5, 5.41) is 8.60. The summed E-state index contributed by atoms with van der Waals surface area (Å²) in [6.45, 7) is -0.192. The molecule has 0 spiro atoms. The van der Waals surface area contributed by atoms with Gasteiger partial charge in [-0.2, -0.15) is 4.72 Å². The molecule has 0 amide bonds. The quantitative estimate of drug-likeness (QED) is 0.796. The lowest BCUT2D eigenvalue weighted by atomic mass is 10.5. The van der Waals surface area contributed by atoms with Crippen LogP contribution in [-0.4, -0.2) is 26.0 Å². The number of hydrogen-bond donors (Lipinski definition) is 2. The van der Waals surface area contributed by atoms with Crippen LogP contribution in [-0.2, 0) is 10.0 Å². The van der Waals surface area contributed by atoms with Crippen molar-refractivity contribution in [1.29, 1.82) is 0 Å². The maximum absolute atomic E-state index is 11.6. The Hall–Kier alpha value is -1.30. The zero-order chi connectivity index (χ0) is 12.3. The molecule has 1 heterocycles. The van der Waals surface area contributed by atoms with E-state index in [0.717, 1.165) is 6.07 Å². The lowest BCUT2D eigenvalue weighted by molar-refractivity contribution is 0.0661. The molecule has 1 aromatic rings. The fourth-order valence-corrected chi connectivity index (χ4v) is 2.73. The second kappa shape index (κ2) is 4.69. The van der Waals surface area contributed by atoms with Gasteiger partial charge in [-0.25, -0.2) is 13.2 Å². The molecule has 8 heteroatoms. The first-order valence-corrected chi connectivity index (χ1v) is 6.12. The molecule has 0 saturated carbocycles. The van der Waals surface area contributed by atoms with Crippen LogP contribution in [0.2, 0.25) is 0 Å². The van der Waals surface area contributed by atoms with Gasteiger partial charge in [0.25, 0.3) is 0 Å². The predicted octanol–water partition coefficient (Wildman–Crippen LogP) is 0.652. The summed E-state index contributed by atoms with van der Waals surface area (Å²) < 4.78 is 29.7. The Morgan fingerprint density at radius 1 is 1.69 bits per heavy atom. The number of aromatic carboxylic acids is 1. The van der Waals surface area contributed by atoms with Crippen LogP contribution >= 0.6 is 15.9 Å². The standard InChI is InChI=1S/C8H6BrNO5S/c1-2-3-10-16(13,14)6-4-5(8(11)12)15-7(6)9/h1,4,10H,3H2,(H,11,12). The van der Waals surface area contributed by atoms with E-state index in [9.17, 15) is 13.2 Å². The van der Waals surface area contributed by atoms with Crippen LogP contribution in [0.1, 0.15) is 10.6 Å². The number of sulfonamides is 1. The van der Waals surface area contributed by atoms with E-state index in [1.807, 2.05) is 0 Å². The number of rotatable bonds is 4. The summed E-state index contributed by atoms with van der Waals surface area (Å²) in [5.41, 5.74) is 0. The van der Waals surface area contributed by atoms with Crippen molar-refractivity contribution in [3.8, 4) is 12.3 Å². The molecule has 0 aliphatic rings. The number of carboxylic acid groups (broad SMARTS) is 1. The average molecular weight is 308 g/mol. The molecule has 0 aromatic carbocycles. The second-order valence-electron chi connectivity index (χ2n) is 2.58. The van der Waals surface area contributed by atoms with E-state index in [4.69, 9.17) is 11.5 Å². The van der Waals surface area contributed by atoms with Crippen LogP contribution in [0.15, 0.2) is 20.0 Å². The first-order chi connectivity index (χ1) is 7.38. The fourth-order valence-electron chi connectivity index (χ4n) is 0.855. The maximum atomic E-state index is 11.6. The summed E-state index contributed by atoms with van der Waals surface area (Å²) in [4.78, 5) is 10.2. The third kappa shape index (κ3) is 2.63. The van der Waals surface area contributed by atoms with E-state index < -0.39 is 21.8 Å². The van der Waals surface area contributed by atoms with Crippen LogP contribution in [0.25, 0.3) is 0 Å². The maximum Gasteiger partial charge on any atom is 0.371 e. The highest BCUT2D eigenvalue weighted by Gasteiger charge is 2.24. The lowest BCUT2D eigenvalue weighted by Gasteiger charge is -1.99. The van der Waals surface area contributed by atoms with Crippen molar-refractivity contribution >= 4 is 31.9 Å². The first kappa shape index (κ1) is 12.8. The van der Waals surface area contributed by atoms with Crippen molar-refractivity contribution in [2.75, 3.05) is 6.54 Å². The molecular weight excluding hydrogens is 302 g/mol. The van der Waals surface area contributed by atoms with Gasteiger partial charge in [0, 0.05) is 6.07 Å². The summed E-state index contributed by atoms with van der Waals surface area (Å²) in [6.07, 6.45) is 4.90. The topological polar surface area (TPSA) is 96.6 Å². The van der Waals surface area contributed by atoms with E-state index in [1.165, 1.54) is 0 Å². The third-order valence-corrected chi connectivity index (χ3v) is 3.78. The van der Waals surface area contributed by atoms with Gasteiger partial charge < -0.3 is 9.52 Å². The van der Waals surface area contributed by atoms with Gasteiger partial charge in [-0.1, -0.05) is 5.92 Å². The smallest absolute Gasteiger partial charge is 0.371 e. The molecular formula is C8H6BrNO5S. The number of carboxylic acids is 1. The molecule has 2 N–H and O–H groups in total. The third-order valence-electron chi connectivity index (χ3n) is 1.52. The van der Waals surface area contributed by atoms with E-state index in [0.29, 0.717) is 0 Å². The van der Waals surface area contributed by atoms with Gasteiger partial charge in [0.1, 0.15) is 4.90 Å². The largest absolute Gasteiger partial charge is 0.475 e. The fraction of sp³-hybridized carbons (Fsp3) is 0.125. The number of carbonyl (C=O) groups is 1. The molecule has 0 bridgehead atoms. The predicted molar refractivity (Wildman–Crippen MR) is 57.4 cm³/mol. The van der Waals surface area contributed by atoms with E-state index >= 15 is 0 Å². The number of halogens is 1. The Balaban J connectivity index is 3.14. The average Bonchev–Trinajstić information content (AvgIpc) is 2.58.